The van der Waals surface area contributed by atoms with Gasteiger partial charge in [-0.25, -0.2) is 4.79 Å². The predicted molar refractivity (Wildman–Crippen MR) is 109 cm³/mol. The van der Waals surface area contributed by atoms with E-state index in [1.54, 1.807) is 55.6 Å². The van der Waals surface area contributed by atoms with Crippen molar-refractivity contribution < 1.29 is 18.7 Å². The van der Waals surface area contributed by atoms with Crippen molar-refractivity contribution in [1.29, 1.82) is 0 Å². The van der Waals surface area contributed by atoms with E-state index in [1.807, 2.05) is 24.3 Å². The molecule has 4 aromatic rings. The largest absolute Gasteiger partial charge is 0.493 e. The number of hydrogen-bond acceptors (Lipinski definition) is 5. The second-order valence-corrected chi connectivity index (χ2v) is 6.25. The van der Waals surface area contributed by atoms with Crippen molar-refractivity contribution in [2.24, 2.45) is 0 Å². The van der Waals surface area contributed by atoms with Gasteiger partial charge in [-0.05, 0) is 48.5 Å². The molecule has 0 aliphatic carbocycles. The van der Waals surface area contributed by atoms with Crippen molar-refractivity contribution in [2.75, 3.05) is 12.4 Å². The van der Waals surface area contributed by atoms with Crippen LogP contribution in [0.15, 0.2) is 82.0 Å². The molecular weight excluding hydrogens is 372 g/mol. The second-order valence-electron chi connectivity index (χ2n) is 6.25. The lowest BCUT2D eigenvalue weighted by Crippen LogP contribution is -2.24. The number of carbonyl (C=O) groups excluding carboxylic acids is 1. The quantitative estimate of drug-likeness (QED) is 0.537. The number of amides is 1. The van der Waals surface area contributed by atoms with E-state index < -0.39 is 5.76 Å². The van der Waals surface area contributed by atoms with Gasteiger partial charge in [0.1, 0.15) is 12.3 Å². The maximum Gasteiger partial charge on any atom is 0.420 e. The molecule has 0 aliphatic heterocycles. The third kappa shape index (κ3) is 3.98. The number of nitrogens with one attached hydrogen (secondary N) is 1. The Morgan fingerprint density at radius 3 is 2.41 bits per heavy atom. The van der Waals surface area contributed by atoms with Gasteiger partial charge in [0.05, 0.1) is 12.6 Å². The molecule has 0 aliphatic rings. The third-order valence-electron chi connectivity index (χ3n) is 4.31. The minimum Gasteiger partial charge on any atom is -0.493 e. The van der Waals surface area contributed by atoms with Crippen molar-refractivity contribution >= 4 is 22.7 Å². The topological polar surface area (TPSA) is 82.7 Å². The number of oxazole rings is 1. The molecule has 3 aromatic carbocycles. The van der Waals surface area contributed by atoms with Crippen LogP contribution in [0.5, 0.6) is 17.2 Å². The molecule has 4 rings (SSSR count). The van der Waals surface area contributed by atoms with E-state index in [4.69, 9.17) is 13.9 Å². The van der Waals surface area contributed by atoms with Gasteiger partial charge in [-0.15, -0.1) is 0 Å². The SMILES string of the molecule is COc1ccccc1Oc1ccc(NC(=O)Cn2c(=O)oc3ccccc32)cc1. The highest BCUT2D eigenvalue weighted by Crippen LogP contribution is 2.31. The van der Waals surface area contributed by atoms with Gasteiger partial charge in [-0.1, -0.05) is 24.3 Å². The summed E-state index contributed by atoms with van der Waals surface area (Å²) >= 11 is 0. The van der Waals surface area contributed by atoms with E-state index in [1.165, 1.54) is 4.57 Å². The number of methoxy groups -OCH3 is 1. The number of hydrogen-bond donors (Lipinski definition) is 1. The summed E-state index contributed by atoms with van der Waals surface area (Å²) in [7, 11) is 1.58. The van der Waals surface area contributed by atoms with Crippen molar-refractivity contribution in [3.63, 3.8) is 0 Å². The van der Waals surface area contributed by atoms with Crippen LogP contribution in [-0.2, 0) is 11.3 Å². The average Bonchev–Trinajstić information content (AvgIpc) is 3.05. The van der Waals surface area contributed by atoms with Crippen LogP contribution >= 0.6 is 0 Å². The van der Waals surface area contributed by atoms with Crippen molar-refractivity contribution in [2.45, 2.75) is 6.54 Å². The van der Waals surface area contributed by atoms with E-state index in [-0.39, 0.29) is 12.5 Å². The first-order chi connectivity index (χ1) is 14.1. The summed E-state index contributed by atoms with van der Waals surface area (Å²) in [5, 5.41) is 2.77. The third-order valence-corrected chi connectivity index (χ3v) is 4.31. The summed E-state index contributed by atoms with van der Waals surface area (Å²) in [4.78, 5) is 24.4. The molecule has 0 saturated carbocycles. The lowest BCUT2D eigenvalue weighted by atomic mass is 10.3. The first kappa shape index (κ1) is 18.4. The molecule has 0 radical (unpaired) electrons. The van der Waals surface area contributed by atoms with Crippen molar-refractivity contribution in [3.8, 4) is 17.2 Å². The summed E-state index contributed by atoms with van der Waals surface area (Å²) in [5.74, 6) is 0.921. The summed E-state index contributed by atoms with van der Waals surface area (Å²) in [6, 6.07) is 21.2. The Bertz CT molecular complexity index is 1210. The number of para-hydroxylation sites is 4. The molecule has 0 atom stereocenters. The molecule has 1 amide bonds. The summed E-state index contributed by atoms with van der Waals surface area (Å²) in [6.45, 7) is -0.144. The Morgan fingerprint density at radius 2 is 1.66 bits per heavy atom. The van der Waals surface area contributed by atoms with Gasteiger partial charge in [0.15, 0.2) is 17.1 Å². The molecule has 29 heavy (non-hydrogen) atoms. The van der Waals surface area contributed by atoms with Gasteiger partial charge < -0.3 is 19.2 Å². The Morgan fingerprint density at radius 1 is 0.966 bits per heavy atom. The minimum atomic E-state index is -0.568. The lowest BCUT2D eigenvalue weighted by Gasteiger charge is -2.11. The van der Waals surface area contributed by atoms with E-state index >= 15 is 0 Å². The molecule has 1 N–H and O–H groups in total. The van der Waals surface area contributed by atoms with Crippen LogP contribution < -0.4 is 20.5 Å². The highest BCUT2D eigenvalue weighted by Gasteiger charge is 2.12. The number of anilines is 1. The van der Waals surface area contributed by atoms with Crippen LogP contribution in [0.3, 0.4) is 0 Å². The smallest absolute Gasteiger partial charge is 0.420 e. The zero-order valence-electron chi connectivity index (χ0n) is 15.6. The zero-order chi connectivity index (χ0) is 20.2. The highest BCUT2D eigenvalue weighted by molar-refractivity contribution is 5.91. The number of rotatable bonds is 6. The molecule has 0 saturated heterocycles. The minimum absolute atomic E-state index is 0.144. The monoisotopic (exact) mass is 390 g/mol. The second kappa shape index (κ2) is 7.93. The Balaban J connectivity index is 1.44. The summed E-state index contributed by atoms with van der Waals surface area (Å²) in [6.07, 6.45) is 0. The summed E-state index contributed by atoms with van der Waals surface area (Å²) < 4.78 is 17.5. The maximum atomic E-state index is 12.4. The van der Waals surface area contributed by atoms with E-state index in [2.05, 4.69) is 5.32 Å². The van der Waals surface area contributed by atoms with Crippen LogP contribution in [0.1, 0.15) is 0 Å². The average molecular weight is 390 g/mol. The molecule has 1 aromatic heterocycles. The molecule has 0 fully saturated rings. The van der Waals surface area contributed by atoms with E-state index in [0.29, 0.717) is 34.0 Å². The fourth-order valence-electron chi connectivity index (χ4n) is 2.94. The van der Waals surface area contributed by atoms with E-state index in [0.717, 1.165) is 0 Å². The van der Waals surface area contributed by atoms with Crippen LogP contribution in [0.4, 0.5) is 5.69 Å². The van der Waals surface area contributed by atoms with Crippen LogP contribution in [-0.4, -0.2) is 17.6 Å². The van der Waals surface area contributed by atoms with Gasteiger partial charge in [0.2, 0.25) is 5.91 Å². The van der Waals surface area contributed by atoms with Gasteiger partial charge in [-0.3, -0.25) is 9.36 Å². The van der Waals surface area contributed by atoms with Crippen molar-refractivity contribution in [1.82, 2.24) is 4.57 Å². The molecule has 0 unspecified atom stereocenters. The molecule has 7 nitrogen and oxygen atoms in total. The number of fused-ring (bicyclic) bond motifs is 1. The van der Waals surface area contributed by atoms with E-state index in [9.17, 15) is 9.59 Å². The number of aromatic nitrogens is 1. The molecule has 7 heteroatoms. The fourth-order valence-corrected chi connectivity index (χ4v) is 2.94. The summed E-state index contributed by atoms with van der Waals surface area (Å²) in [5.41, 5.74) is 1.61. The van der Waals surface area contributed by atoms with Gasteiger partial charge in [0.25, 0.3) is 0 Å². The Hall–Kier alpha value is -4.00. The Kier molecular flexibility index (Phi) is 5.03. The molecule has 146 valence electrons. The van der Waals surface area contributed by atoms with Crippen LogP contribution in [0, 0.1) is 0 Å². The first-order valence-corrected chi connectivity index (χ1v) is 8.93. The van der Waals surface area contributed by atoms with Crippen molar-refractivity contribution in [3.05, 3.63) is 83.3 Å². The predicted octanol–water partition coefficient (Wildman–Crippen LogP) is 4.03. The Labute approximate surface area is 166 Å². The number of ether oxygens (including phenoxy) is 2. The number of carbonyl (C=O) groups is 1. The molecular formula is C22H18N2O5. The van der Waals surface area contributed by atoms with Gasteiger partial charge in [-0.2, -0.15) is 0 Å². The van der Waals surface area contributed by atoms with Crippen LogP contribution in [0.25, 0.3) is 11.1 Å². The molecule has 1 heterocycles. The fraction of sp³-hybridized carbons (Fsp3) is 0.0909. The number of benzene rings is 3. The lowest BCUT2D eigenvalue weighted by molar-refractivity contribution is -0.116. The zero-order valence-corrected chi connectivity index (χ0v) is 15.6. The standard InChI is InChI=1S/C22H18N2O5/c1-27-19-8-4-5-9-20(19)28-16-12-10-15(11-13-16)23-21(25)14-24-17-6-2-3-7-18(17)29-22(24)26/h2-13H,14H2,1H3,(H,23,25). The molecule has 0 spiro atoms. The number of nitrogens with zero attached hydrogens (tertiary/aromatic N) is 1. The van der Waals surface area contributed by atoms with Gasteiger partial charge in [0, 0.05) is 5.69 Å². The highest BCUT2D eigenvalue weighted by atomic mass is 16.5. The maximum absolute atomic E-state index is 12.4. The first-order valence-electron chi connectivity index (χ1n) is 8.93. The normalized spacial score (nSPS) is 10.7. The molecule has 0 bridgehead atoms. The van der Waals surface area contributed by atoms with Gasteiger partial charge >= 0.3 is 5.76 Å². The van der Waals surface area contributed by atoms with Crippen LogP contribution in [0.2, 0.25) is 0 Å².